The highest BCUT2D eigenvalue weighted by molar-refractivity contribution is 4.88. The molecule has 0 aliphatic carbocycles. The molecule has 2 unspecified atom stereocenters. The topological polar surface area (TPSA) is 23.5 Å². The summed E-state index contributed by atoms with van der Waals surface area (Å²) in [6.07, 6.45) is -0.125. The molecule has 1 fully saturated rings. The summed E-state index contributed by atoms with van der Waals surface area (Å²) >= 11 is 0. The number of likely N-dealkylation sites (tertiary alicyclic amines) is 1. The van der Waals surface area contributed by atoms with Gasteiger partial charge in [0.05, 0.1) is 6.10 Å². The molecule has 11 heavy (non-hydrogen) atoms. The van der Waals surface area contributed by atoms with Crippen LogP contribution in [0.4, 0.5) is 0 Å². The van der Waals surface area contributed by atoms with E-state index in [0.29, 0.717) is 5.92 Å². The summed E-state index contributed by atoms with van der Waals surface area (Å²) in [4.78, 5) is 2.20. The van der Waals surface area contributed by atoms with E-state index in [1.54, 1.807) is 0 Å². The van der Waals surface area contributed by atoms with E-state index in [1.807, 2.05) is 0 Å². The largest absolute Gasteiger partial charge is 0.391 e. The summed E-state index contributed by atoms with van der Waals surface area (Å²) in [5.41, 5.74) is 0.240. The zero-order valence-electron chi connectivity index (χ0n) is 7.96. The van der Waals surface area contributed by atoms with Crippen LogP contribution in [0.3, 0.4) is 0 Å². The number of aliphatic hydroxyl groups excluding tert-OH is 1. The summed E-state index contributed by atoms with van der Waals surface area (Å²) in [7, 11) is 2.06. The Morgan fingerprint density at radius 3 is 2.00 bits per heavy atom. The average Bonchev–Trinajstić information content (AvgIpc) is 2.08. The lowest BCUT2D eigenvalue weighted by Crippen LogP contribution is -2.30. The van der Waals surface area contributed by atoms with Gasteiger partial charge in [-0.15, -0.1) is 0 Å². The van der Waals surface area contributed by atoms with Gasteiger partial charge in [-0.1, -0.05) is 20.8 Å². The summed E-state index contributed by atoms with van der Waals surface area (Å²) in [6.45, 7) is 8.45. The SMILES string of the molecule is CN1CC(O)C(C(C)(C)C)C1. The van der Waals surface area contributed by atoms with Crippen LogP contribution in [0.15, 0.2) is 0 Å². The first-order valence-electron chi connectivity index (χ1n) is 4.28. The maximum absolute atomic E-state index is 9.65. The van der Waals surface area contributed by atoms with Gasteiger partial charge in [-0.25, -0.2) is 0 Å². The monoisotopic (exact) mass is 157 g/mol. The van der Waals surface area contributed by atoms with Gasteiger partial charge in [-0.3, -0.25) is 0 Å². The van der Waals surface area contributed by atoms with E-state index in [0.717, 1.165) is 13.1 Å². The van der Waals surface area contributed by atoms with Gasteiger partial charge >= 0.3 is 0 Å². The number of aliphatic hydroxyl groups is 1. The fraction of sp³-hybridized carbons (Fsp3) is 1.00. The Hall–Kier alpha value is -0.0800. The molecule has 0 radical (unpaired) electrons. The van der Waals surface area contributed by atoms with Crippen LogP contribution in [0.25, 0.3) is 0 Å². The molecule has 2 nitrogen and oxygen atoms in total. The van der Waals surface area contributed by atoms with Gasteiger partial charge in [0.15, 0.2) is 0 Å². The van der Waals surface area contributed by atoms with Gasteiger partial charge in [0.1, 0.15) is 0 Å². The maximum Gasteiger partial charge on any atom is 0.0712 e. The quantitative estimate of drug-likeness (QED) is 0.566. The van der Waals surface area contributed by atoms with Gasteiger partial charge in [-0.2, -0.15) is 0 Å². The number of likely N-dealkylation sites (N-methyl/N-ethyl adjacent to an activating group) is 1. The lowest BCUT2D eigenvalue weighted by molar-refractivity contribution is 0.0826. The minimum atomic E-state index is -0.125. The molecule has 0 saturated carbocycles. The van der Waals surface area contributed by atoms with E-state index in [4.69, 9.17) is 0 Å². The van der Waals surface area contributed by atoms with Crippen molar-refractivity contribution in [1.82, 2.24) is 4.90 Å². The molecule has 1 heterocycles. The normalized spacial score (nSPS) is 34.6. The first-order valence-corrected chi connectivity index (χ1v) is 4.28. The Kier molecular flexibility index (Phi) is 2.26. The number of β-amino-alcohol motifs (C(OH)–C–C–N with tert-alkyl or cyclic N) is 1. The van der Waals surface area contributed by atoms with E-state index in [-0.39, 0.29) is 11.5 Å². The van der Waals surface area contributed by atoms with Crippen LogP contribution in [0.5, 0.6) is 0 Å². The standard InChI is InChI=1S/C9H19NO/c1-9(2,3)7-5-10(4)6-8(7)11/h7-8,11H,5-6H2,1-4H3. The van der Waals surface area contributed by atoms with Crippen molar-refractivity contribution in [2.75, 3.05) is 20.1 Å². The Balaban J connectivity index is 2.60. The Labute approximate surface area is 69.2 Å². The van der Waals surface area contributed by atoms with Crippen molar-refractivity contribution >= 4 is 0 Å². The second-order valence-electron chi connectivity index (χ2n) is 4.76. The van der Waals surface area contributed by atoms with Crippen molar-refractivity contribution in [3.8, 4) is 0 Å². The molecular formula is C9H19NO. The van der Waals surface area contributed by atoms with Gasteiger partial charge in [0, 0.05) is 19.0 Å². The van der Waals surface area contributed by atoms with Gasteiger partial charge in [0.25, 0.3) is 0 Å². The third-order valence-electron chi connectivity index (χ3n) is 2.58. The molecule has 0 amide bonds. The van der Waals surface area contributed by atoms with Crippen LogP contribution in [0.1, 0.15) is 20.8 Å². The fourth-order valence-corrected chi connectivity index (χ4v) is 1.83. The summed E-state index contributed by atoms with van der Waals surface area (Å²) < 4.78 is 0. The molecule has 1 rings (SSSR count). The van der Waals surface area contributed by atoms with Gasteiger partial charge in [-0.05, 0) is 12.5 Å². The molecular weight excluding hydrogens is 138 g/mol. The first kappa shape index (κ1) is 9.01. The molecule has 1 aliphatic rings. The smallest absolute Gasteiger partial charge is 0.0712 e. The van der Waals surface area contributed by atoms with Crippen molar-refractivity contribution in [3.63, 3.8) is 0 Å². The molecule has 0 spiro atoms. The fourth-order valence-electron chi connectivity index (χ4n) is 1.83. The van der Waals surface area contributed by atoms with Crippen LogP contribution in [0, 0.1) is 11.3 Å². The van der Waals surface area contributed by atoms with Gasteiger partial charge in [0.2, 0.25) is 0 Å². The highest BCUT2D eigenvalue weighted by atomic mass is 16.3. The van der Waals surface area contributed by atoms with E-state index < -0.39 is 0 Å². The summed E-state index contributed by atoms with van der Waals surface area (Å²) in [6, 6.07) is 0. The minimum absolute atomic E-state index is 0.125. The van der Waals surface area contributed by atoms with E-state index in [9.17, 15) is 5.11 Å². The number of rotatable bonds is 0. The molecule has 2 heteroatoms. The van der Waals surface area contributed by atoms with Crippen molar-refractivity contribution in [2.45, 2.75) is 26.9 Å². The third-order valence-corrected chi connectivity index (χ3v) is 2.58. The second-order valence-corrected chi connectivity index (χ2v) is 4.76. The summed E-state index contributed by atoms with van der Waals surface area (Å²) in [5.74, 6) is 0.437. The first-order chi connectivity index (χ1) is 4.91. The van der Waals surface area contributed by atoms with Crippen LogP contribution in [-0.4, -0.2) is 36.2 Å². The number of nitrogens with zero attached hydrogens (tertiary/aromatic N) is 1. The van der Waals surface area contributed by atoms with E-state index in [1.165, 1.54) is 0 Å². The molecule has 66 valence electrons. The van der Waals surface area contributed by atoms with E-state index >= 15 is 0 Å². The average molecular weight is 157 g/mol. The lowest BCUT2D eigenvalue weighted by Gasteiger charge is -2.28. The Morgan fingerprint density at radius 1 is 1.27 bits per heavy atom. The van der Waals surface area contributed by atoms with Gasteiger partial charge < -0.3 is 10.0 Å². The van der Waals surface area contributed by atoms with Crippen LogP contribution in [0.2, 0.25) is 0 Å². The third kappa shape index (κ3) is 1.94. The van der Waals surface area contributed by atoms with Crippen LogP contribution >= 0.6 is 0 Å². The molecule has 0 aromatic rings. The zero-order valence-corrected chi connectivity index (χ0v) is 7.96. The van der Waals surface area contributed by atoms with Crippen LogP contribution in [-0.2, 0) is 0 Å². The molecule has 0 bridgehead atoms. The Bertz CT molecular complexity index is 139. The molecule has 2 atom stereocenters. The molecule has 1 N–H and O–H groups in total. The predicted molar refractivity (Wildman–Crippen MR) is 46.4 cm³/mol. The Morgan fingerprint density at radius 2 is 1.82 bits per heavy atom. The molecule has 1 saturated heterocycles. The maximum atomic E-state index is 9.65. The summed E-state index contributed by atoms with van der Waals surface area (Å²) in [5, 5.41) is 9.65. The highest BCUT2D eigenvalue weighted by Gasteiger charge is 2.37. The molecule has 0 aromatic heterocycles. The minimum Gasteiger partial charge on any atom is -0.391 e. The van der Waals surface area contributed by atoms with Crippen molar-refractivity contribution in [1.29, 1.82) is 0 Å². The molecule has 1 aliphatic heterocycles. The van der Waals surface area contributed by atoms with Crippen molar-refractivity contribution < 1.29 is 5.11 Å². The number of hydrogen-bond donors (Lipinski definition) is 1. The molecule has 0 aromatic carbocycles. The zero-order chi connectivity index (χ0) is 8.65. The van der Waals surface area contributed by atoms with Crippen molar-refractivity contribution in [2.24, 2.45) is 11.3 Å². The van der Waals surface area contributed by atoms with E-state index in [2.05, 4.69) is 32.7 Å². The predicted octanol–water partition coefficient (Wildman–Crippen LogP) is 0.955. The van der Waals surface area contributed by atoms with Crippen LogP contribution < -0.4 is 0 Å². The second kappa shape index (κ2) is 2.76. The van der Waals surface area contributed by atoms with Crippen molar-refractivity contribution in [3.05, 3.63) is 0 Å². The number of hydrogen-bond acceptors (Lipinski definition) is 2. The highest BCUT2D eigenvalue weighted by Crippen LogP contribution is 2.33. The lowest BCUT2D eigenvalue weighted by atomic mass is 9.79.